The van der Waals surface area contributed by atoms with E-state index in [1.54, 1.807) is 43.5 Å². The molecule has 0 aliphatic carbocycles. The summed E-state index contributed by atoms with van der Waals surface area (Å²) in [6.07, 6.45) is 0. The lowest BCUT2D eigenvalue weighted by atomic mass is 10.3. The molecule has 1 heterocycles. The number of nitrogens with one attached hydrogen (secondary N) is 1. The number of nitrogens with zero attached hydrogens (tertiary/aromatic N) is 1. The fraction of sp³-hybridized carbons (Fsp3) is 0.143. The van der Waals surface area contributed by atoms with E-state index < -0.39 is 5.91 Å². The van der Waals surface area contributed by atoms with Gasteiger partial charge in [0.15, 0.2) is 0 Å². The lowest BCUT2D eigenvalue weighted by molar-refractivity contribution is 0.0948. The normalized spacial score (nSPS) is 10.0. The molecule has 0 spiro atoms. The maximum atomic E-state index is 11.4. The maximum absolute atomic E-state index is 11.4. The molecule has 0 radical (unpaired) electrons. The number of halogens is 1. The van der Waals surface area contributed by atoms with Crippen molar-refractivity contribution in [2.75, 3.05) is 7.11 Å². The van der Waals surface area contributed by atoms with Crippen molar-refractivity contribution in [3.05, 3.63) is 52.3 Å². The van der Waals surface area contributed by atoms with Gasteiger partial charge < -0.3 is 9.47 Å². The molecule has 1 amide bonds. The quantitative estimate of drug-likeness (QED) is 0.489. The lowest BCUT2D eigenvalue weighted by Gasteiger charge is -2.09. The van der Waals surface area contributed by atoms with Gasteiger partial charge in [-0.2, -0.15) is 0 Å². The molecule has 0 unspecified atom stereocenters. The first kappa shape index (κ1) is 15.3. The first-order valence-electron chi connectivity index (χ1n) is 6.07. The van der Waals surface area contributed by atoms with Crippen LogP contribution in [0.15, 0.2) is 40.9 Å². The number of benzene rings is 1. The zero-order chi connectivity index (χ0) is 15.2. The Morgan fingerprint density at radius 2 is 2.19 bits per heavy atom. The molecule has 1 aromatic carbocycles. The zero-order valence-corrected chi connectivity index (χ0v) is 12.9. The van der Waals surface area contributed by atoms with Crippen molar-refractivity contribution in [3.63, 3.8) is 0 Å². The Hall–Kier alpha value is -2.12. The summed E-state index contributed by atoms with van der Waals surface area (Å²) >= 11 is 3.40. The van der Waals surface area contributed by atoms with Gasteiger partial charge in [-0.3, -0.25) is 10.2 Å². The van der Waals surface area contributed by atoms with E-state index in [0.29, 0.717) is 11.4 Å². The Morgan fingerprint density at radius 3 is 2.86 bits per heavy atom. The molecule has 110 valence electrons. The highest BCUT2D eigenvalue weighted by atomic mass is 79.9. The van der Waals surface area contributed by atoms with Crippen molar-refractivity contribution in [2.24, 2.45) is 5.84 Å². The van der Waals surface area contributed by atoms with E-state index in [1.807, 2.05) is 5.43 Å². The number of hydrogen-bond acceptors (Lipinski definition) is 5. The van der Waals surface area contributed by atoms with Crippen LogP contribution in [0.2, 0.25) is 0 Å². The third-order valence-electron chi connectivity index (χ3n) is 2.69. The van der Waals surface area contributed by atoms with Crippen molar-refractivity contribution in [1.29, 1.82) is 0 Å². The summed E-state index contributed by atoms with van der Waals surface area (Å²) in [5, 5.41) is 0. The maximum Gasteiger partial charge on any atom is 0.283 e. The zero-order valence-electron chi connectivity index (χ0n) is 11.3. The van der Waals surface area contributed by atoms with E-state index >= 15 is 0 Å². The van der Waals surface area contributed by atoms with Gasteiger partial charge in [0.05, 0.1) is 17.3 Å². The number of amides is 1. The minimum atomic E-state index is -0.442. The van der Waals surface area contributed by atoms with Crippen LogP contribution >= 0.6 is 15.9 Å². The highest BCUT2D eigenvalue weighted by Gasteiger charge is 2.07. The highest BCUT2D eigenvalue weighted by molar-refractivity contribution is 9.10. The molecule has 21 heavy (non-hydrogen) atoms. The molecule has 0 aliphatic heterocycles. The van der Waals surface area contributed by atoms with Gasteiger partial charge in [-0.15, -0.1) is 0 Å². The number of ether oxygens (including phenoxy) is 2. The molecule has 0 bridgehead atoms. The van der Waals surface area contributed by atoms with E-state index in [1.165, 1.54) is 0 Å². The Bertz CT molecular complexity index is 649. The van der Waals surface area contributed by atoms with Gasteiger partial charge in [-0.25, -0.2) is 10.8 Å². The second-order valence-corrected chi connectivity index (χ2v) is 4.93. The van der Waals surface area contributed by atoms with Gasteiger partial charge in [0.25, 0.3) is 5.91 Å². The molecule has 2 rings (SSSR count). The second kappa shape index (κ2) is 7.05. The van der Waals surface area contributed by atoms with E-state index in [0.717, 1.165) is 10.2 Å². The summed E-state index contributed by atoms with van der Waals surface area (Å²) in [7, 11) is 1.60. The Kier molecular flexibility index (Phi) is 5.13. The van der Waals surface area contributed by atoms with Crippen LogP contribution in [-0.2, 0) is 6.61 Å². The molecule has 3 N–H and O–H groups in total. The van der Waals surface area contributed by atoms with Crippen molar-refractivity contribution >= 4 is 21.8 Å². The summed E-state index contributed by atoms with van der Waals surface area (Å²) in [6, 6.07) is 10.5. The summed E-state index contributed by atoms with van der Waals surface area (Å²) in [5.41, 5.74) is 2.91. The molecular weight excluding hydrogens is 338 g/mol. The highest BCUT2D eigenvalue weighted by Crippen LogP contribution is 2.29. The number of rotatable bonds is 5. The second-order valence-electron chi connectivity index (χ2n) is 4.07. The van der Waals surface area contributed by atoms with Crippen molar-refractivity contribution < 1.29 is 14.3 Å². The van der Waals surface area contributed by atoms with Crippen LogP contribution in [0.5, 0.6) is 11.5 Å². The first-order valence-corrected chi connectivity index (χ1v) is 6.86. The summed E-state index contributed by atoms with van der Waals surface area (Å²) in [5.74, 6) is 6.02. The molecule has 0 fully saturated rings. The number of pyridine rings is 1. The molecule has 0 aliphatic rings. The van der Waals surface area contributed by atoms with E-state index in [2.05, 4.69) is 20.9 Å². The van der Waals surface area contributed by atoms with E-state index in [9.17, 15) is 4.79 Å². The molecular formula is C14H14BrN3O3. The average Bonchev–Trinajstić information content (AvgIpc) is 2.53. The predicted octanol–water partition coefficient (Wildman–Crippen LogP) is 2.04. The third kappa shape index (κ3) is 3.93. The van der Waals surface area contributed by atoms with Crippen molar-refractivity contribution in [1.82, 2.24) is 10.4 Å². The van der Waals surface area contributed by atoms with Gasteiger partial charge in [-0.05, 0) is 46.3 Å². The molecule has 6 nitrogen and oxygen atoms in total. The van der Waals surface area contributed by atoms with Crippen LogP contribution in [0.1, 0.15) is 16.2 Å². The van der Waals surface area contributed by atoms with Gasteiger partial charge in [0, 0.05) is 0 Å². The molecule has 0 atom stereocenters. The molecule has 1 aromatic heterocycles. The summed E-state index contributed by atoms with van der Waals surface area (Å²) < 4.78 is 11.6. The lowest BCUT2D eigenvalue weighted by Crippen LogP contribution is -2.30. The predicted molar refractivity (Wildman–Crippen MR) is 80.9 cm³/mol. The van der Waals surface area contributed by atoms with Crippen LogP contribution < -0.4 is 20.7 Å². The number of nitrogen functional groups attached to an aromatic ring is 1. The van der Waals surface area contributed by atoms with Gasteiger partial charge in [0.2, 0.25) is 0 Å². The number of carbonyl (C=O) groups is 1. The molecule has 0 saturated carbocycles. The van der Waals surface area contributed by atoms with E-state index in [-0.39, 0.29) is 12.3 Å². The van der Waals surface area contributed by atoms with Crippen molar-refractivity contribution in [3.8, 4) is 11.5 Å². The number of methoxy groups -OCH3 is 1. The third-order valence-corrected chi connectivity index (χ3v) is 3.30. The Morgan fingerprint density at radius 1 is 1.38 bits per heavy atom. The fourth-order valence-corrected chi connectivity index (χ4v) is 2.11. The van der Waals surface area contributed by atoms with Crippen LogP contribution in [0.3, 0.4) is 0 Å². The van der Waals surface area contributed by atoms with Crippen LogP contribution in [0.25, 0.3) is 0 Å². The summed E-state index contributed by atoms with van der Waals surface area (Å²) in [4.78, 5) is 15.6. The number of hydrogen-bond donors (Lipinski definition) is 2. The Labute approximate surface area is 130 Å². The number of nitrogens with two attached hydrogens (primary N) is 1. The minimum Gasteiger partial charge on any atom is -0.497 e. The minimum absolute atomic E-state index is 0.233. The Balaban J connectivity index is 2.08. The summed E-state index contributed by atoms with van der Waals surface area (Å²) in [6.45, 7) is 0.233. The number of carbonyl (C=O) groups excluding carboxylic acids is 1. The standard InChI is InChI=1S/C14H14BrN3O3/c1-20-10-5-6-13(11(15)7-10)21-8-9-3-2-4-12(17-9)14(19)18-16/h2-7H,8,16H2,1H3,(H,18,19). The largest absolute Gasteiger partial charge is 0.497 e. The van der Waals surface area contributed by atoms with E-state index in [4.69, 9.17) is 15.3 Å². The first-order chi connectivity index (χ1) is 10.1. The van der Waals surface area contributed by atoms with Crippen LogP contribution in [-0.4, -0.2) is 18.0 Å². The van der Waals surface area contributed by atoms with Crippen molar-refractivity contribution in [2.45, 2.75) is 6.61 Å². The topological polar surface area (TPSA) is 86.5 Å². The molecule has 2 aromatic rings. The smallest absolute Gasteiger partial charge is 0.283 e. The molecule has 0 saturated heterocycles. The van der Waals surface area contributed by atoms with Gasteiger partial charge in [-0.1, -0.05) is 6.07 Å². The molecule has 7 heteroatoms. The average molecular weight is 352 g/mol. The van der Waals surface area contributed by atoms with Gasteiger partial charge >= 0.3 is 0 Å². The SMILES string of the molecule is COc1ccc(OCc2cccc(C(=O)NN)n2)c(Br)c1. The van der Waals surface area contributed by atoms with Crippen LogP contribution in [0, 0.1) is 0 Å². The number of hydrazine groups is 1. The fourth-order valence-electron chi connectivity index (χ4n) is 1.64. The monoisotopic (exact) mass is 351 g/mol. The van der Waals surface area contributed by atoms with Crippen LogP contribution in [0.4, 0.5) is 0 Å². The van der Waals surface area contributed by atoms with Gasteiger partial charge in [0.1, 0.15) is 23.8 Å². The number of aromatic nitrogens is 1.